The van der Waals surface area contributed by atoms with Crippen molar-refractivity contribution < 1.29 is 9.47 Å². The highest BCUT2D eigenvalue weighted by molar-refractivity contribution is 5.79. The highest BCUT2D eigenvalue weighted by Gasteiger charge is 2.24. The number of aliphatic imine (C=N–C) groups is 1. The number of likely N-dealkylation sites (tertiary alicyclic amines) is 1. The molecule has 1 atom stereocenters. The smallest absolute Gasteiger partial charge is 0.191 e. The molecular formula is C21H36N4O2. The Morgan fingerprint density at radius 1 is 1.22 bits per heavy atom. The van der Waals surface area contributed by atoms with Crippen LogP contribution in [0.2, 0.25) is 0 Å². The van der Waals surface area contributed by atoms with E-state index in [0.29, 0.717) is 18.5 Å². The first kappa shape index (κ1) is 21.4. The van der Waals surface area contributed by atoms with Crippen LogP contribution < -0.4 is 20.1 Å². The molecule has 1 fully saturated rings. The van der Waals surface area contributed by atoms with Crippen LogP contribution in [0.1, 0.15) is 39.2 Å². The lowest BCUT2D eigenvalue weighted by molar-refractivity contribution is 0.226. The van der Waals surface area contributed by atoms with Crippen molar-refractivity contribution >= 4 is 5.96 Å². The van der Waals surface area contributed by atoms with Gasteiger partial charge in [0.2, 0.25) is 0 Å². The number of hydrogen-bond donors (Lipinski definition) is 2. The van der Waals surface area contributed by atoms with E-state index in [0.717, 1.165) is 36.1 Å². The van der Waals surface area contributed by atoms with E-state index in [1.54, 1.807) is 14.2 Å². The molecule has 0 amide bonds. The van der Waals surface area contributed by atoms with Crippen molar-refractivity contribution in [1.29, 1.82) is 0 Å². The van der Waals surface area contributed by atoms with Gasteiger partial charge in [0.05, 0.1) is 20.8 Å². The van der Waals surface area contributed by atoms with Crippen LogP contribution >= 0.6 is 0 Å². The third-order valence-corrected chi connectivity index (χ3v) is 4.82. The predicted octanol–water partition coefficient (Wildman–Crippen LogP) is 2.88. The molecular weight excluding hydrogens is 340 g/mol. The van der Waals surface area contributed by atoms with Gasteiger partial charge in [-0.2, -0.15) is 0 Å². The van der Waals surface area contributed by atoms with Crippen molar-refractivity contribution in [3.8, 4) is 11.5 Å². The Labute approximate surface area is 164 Å². The van der Waals surface area contributed by atoms with Gasteiger partial charge < -0.3 is 20.1 Å². The standard InChI is InChI=1S/C21H36N4O2/c1-6-22-21(24-14-18-8-7-11-25(18)15-16(2)3)23-13-17-9-10-19(26-4)20(12-17)27-5/h9-10,12,16,18H,6-8,11,13-15H2,1-5H3,(H2,22,23,24)/t18-/m1/s1. The fourth-order valence-electron chi connectivity index (χ4n) is 3.54. The molecule has 1 aliphatic rings. The van der Waals surface area contributed by atoms with Crippen molar-refractivity contribution in [1.82, 2.24) is 15.5 Å². The summed E-state index contributed by atoms with van der Waals surface area (Å²) >= 11 is 0. The van der Waals surface area contributed by atoms with Crippen LogP contribution in [-0.4, -0.2) is 57.3 Å². The zero-order valence-corrected chi connectivity index (χ0v) is 17.5. The molecule has 0 radical (unpaired) electrons. The lowest BCUT2D eigenvalue weighted by Crippen LogP contribution is -2.45. The van der Waals surface area contributed by atoms with Gasteiger partial charge in [0.15, 0.2) is 17.5 Å². The average molecular weight is 377 g/mol. The van der Waals surface area contributed by atoms with Crippen LogP contribution in [-0.2, 0) is 6.54 Å². The Balaban J connectivity index is 1.96. The average Bonchev–Trinajstić information content (AvgIpc) is 3.09. The zero-order chi connectivity index (χ0) is 19.6. The summed E-state index contributed by atoms with van der Waals surface area (Å²) in [5.41, 5.74) is 1.09. The first-order chi connectivity index (χ1) is 13.1. The Kier molecular flexibility index (Phi) is 8.72. The summed E-state index contributed by atoms with van der Waals surface area (Å²) in [4.78, 5) is 7.35. The molecule has 0 unspecified atom stereocenters. The van der Waals surface area contributed by atoms with E-state index in [-0.39, 0.29) is 0 Å². The normalized spacial score (nSPS) is 18.0. The lowest BCUT2D eigenvalue weighted by Gasteiger charge is -2.27. The van der Waals surface area contributed by atoms with Crippen molar-refractivity contribution in [3.63, 3.8) is 0 Å². The fraction of sp³-hybridized carbons (Fsp3) is 0.667. The van der Waals surface area contributed by atoms with Gasteiger partial charge in [-0.05, 0) is 49.9 Å². The SMILES string of the molecule is CCNC(=NCc1ccc(OC)c(OC)c1)NC[C@H]1CCCN1CC(C)C. The van der Waals surface area contributed by atoms with Crippen molar-refractivity contribution in [2.24, 2.45) is 10.9 Å². The molecule has 152 valence electrons. The molecule has 1 aromatic carbocycles. The number of ether oxygens (including phenoxy) is 2. The second-order valence-corrected chi connectivity index (χ2v) is 7.45. The van der Waals surface area contributed by atoms with E-state index < -0.39 is 0 Å². The molecule has 1 heterocycles. The van der Waals surface area contributed by atoms with Crippen molar-refractivity contribution in [2.75, 3.05) is 40.4 Å². The van der Waals surface area contributed by atoms with Crippen molar-refractivity contribution in [2.45, 2.75) is 46.2 Å². The maximum Gasteiger partial charge on any atom is 0.191 e. The monoisotopic (exact) mass is 376 g/mol. The minimum Gasteiger partial charge on any atom is -0.493 e. The topological polar surface area (TPSA) is 58.1 Å². The van der Waals surface area contributed by atoms with Gasteiger partial charge in [-0.15, -0.1) is 0 Å². The van der Waals surface area contributed by atoms with Gasteiger partial charge in [-0.1, -0.05) is 19.9 Å². The highest BCUT2D eigenvalue weighted by atomic mass is 16.5. The number of nitrogens with one attached hydrogen (secondary N) is 2. The molecule has 6 nitrogen and oxygen atoms in total. The van der Waals surface area contributed by atoms with E-state index in [9.17, 15) is 0 Å². The van der Waals surface area contributed by atoms with Crippen LogP contribution in [0.5, 0.6) is 11.5 Å². The number of hydrogen-bond acceptors (Lipinski definition) is 4. The van der Waals surface area contributed by atoms with Crippen LogP contribution in [0, 0.1) is 5.92 Å². The van der Waals surface area contributed by atoms with E-state index >= 15 is 0 Å². The zero-order valence-electron chi connectivity index (χ0n) is 17.5. The highest BCUT2D eigenvalue weighted by Crippen LogP contribution is 2.27. The molecule has 0 saturated carbocycles. The summed E-state index contributed by atoms with van der Waals surface area (Å²) in [6, 6.07) is 6.52. The second-order valence-electron chi connectivity index (χ2n) is 7.45. The van der Waals surface area contributed by atoms with E-state index in [2.05, 4.69) is 36.3 Å². The second kappa shape index (κ2) is 11.0. The summed E-state index contributed by atoms with van der Waals surface area (Å²) < 4.78 is 10.7. The molecule has 6 heteroatoms. The summed E-state index contributed by atoms with van der Waals surface area (Å²) in [7, 11) is 3.30. The summed E-state index contributed by atoms with van der Waals surface area (Å²) in [5.74, 6) is 3.04. The number of benzene rings is 1. The van der Waals surface area contributed by atoms with Gasteiger partial charge in [-0.25, -0.2) is 4.99 Å². The predicted molar refractivity (Wildman–Crippen MR) is 112 cm³/mol. The molecule has 2 N–H and O–H groups in total. The summed E-state index contributed by atoms with van der Waals surface area (Å²) in [6.07, 6.45) is 2.55. The third-order valence-electron chi connectivity index (χ3n) is 4.82. The maximum atomic E-state index is 5.38. The minimum atomic E-state index is 0.593. The molecule has 0 aromatic heterocycles. The Morgan fingerprint density at radius 2 is 2.00 bits per heavy atom. The lowest BCUT2D eigenvalue weighted by atomic mass is 10.1. The van der Waals surface area contributed by atoms with Crippen molar-refractivity contribution in [3.05, 3.63) is 23.8 Å². The molecule has 0 spiro atoms. The van der Waals surface area contributed by atoms with Crippen LogP contribution in [0.15, 0.2) is 23.2 Å². The van der Waals surface area contributed by atoms with Crippen LogP contribution in [0.4, 0.5) is 0 Å². The number of rotatable bonds is 9. The van der Waals surface area contributed by atoms with Gasteiger partial charge in [0.25, 0.3) is 0 Å². The fourth-order valence-corrected chi connectivity index (χ4v) is 3.54. The first-order valence-electron chi connectivity index (χ1n) is 10.0. The van der Waals surface area contributed by atoms with Crippen LogP contribution in [0.3, 0.4) is 0 Å². The van der Waals surface area contributed by atoms with Gasteiger partial charge >= 0.3 is 0 Å². The molecule has 2 rings (SSSR count). The Morgan fingerprint density at radius 3 is 2.67 bits per heavy atom. The van der Waals surface area contributed by atoms with E-state index in [1.807, 2.05) is 18.2 Å². The van der Waals surface area contributed by atoms with Crippen LogP contribution in [0.25, 0.3) is 0 Å². The van der Waals surface area contributed by atoms with Gasteiger partial charge in [0.1, 0.15) is 0 Å². The van der Waals surface area contributed by atoms with E-state index in [1.165, 1.54) is 25.9 Å². The number of nitrogens with zero attached hydrogens (tertiary/aromatic N) is 2. The molecule has 1 aliphatic heterocycles. The number of methoxy groups -OCH3 is 2. The van der Waals surface area contributed by atoms with Gasteiger partial charge in [-0.3, -0.25) is 4.90 Å². The minimum absolute atomic E-state index is 0.593. The first-order valence-corrected chi connectivity index (χ1v) is 10.0. The maximum absolute atomic E-state index is 5.38. The third kappa shape index (κ3) is 6.61. The Hall–Kier alpha value is -1.95. The molecule has 1 saturated heterocycles. The van der Waals surface area contributed by atoms with Gasteiger partial charge in [0, 0.05) is 25.7 Å². The summed E-state index contributed by atoms with van der Waals surface area (Å²) in [6.45, 7) is 11.4. The Bertz CT molecular complexity index is 604. The number of guanidine groups is 1. The molecule has 27 heavy (non-hydrogen) atoms. The molecule has 0 bridgehead atoms. The van der Waals surface area contributed by atoms with E-state index in [4.69, 9.17) is 14.5 Å². The largest absolute Gasteiger partial charge is 0.493 e. The molecule has 1 aromatic rings. The molecule has 0 aliphatic carbocycles. The quantitative estimate of drug-likeness (QED) is 0.513. The summed E-state index contributed by atoms with van der Waals surface area (Å²) in [5, 5.41) is 6.88.